The molecule has 126 valence electrons. The van der Waals surface area contributed by atoms with Crippen molar-refractivity contribution in [2.45, 2.75) is 32.1 Å². The van der Waals surface area contributed by atoms with E-state index >= 15 is 0 Å². The molecule has 1 saturated heterocycles. The SMILES string of the molecule is Clc1nc2sccn2c1CN1CCC[C@@H](OCc2cccnc2)C1. The minimum atomic E-state index is 0.253. The number of hydrogen-bond acceptors (Lipinski definition) is 5. The average molecular weight is 363 g/mol. The van der Waals surface area contributed by atoms with Crippen LogP contribution < -0.4 is 0 Å². The quantitative estimate of drug-likeness (QED) is 0.695. The van der Waals surface area contributed by atoms with Crippen LogP contribution in [0.25, 0.3) is 4.96 Å². The van der Waals surface area contributed by atoms with Gasteiger partial charge in [0.25, 0.3) is 0 Å². The molecule has 1 atom stereocenters. The first kappa shape index (κ1) is 16.0. The van der Waals surface area contributed by atoms with Gasteiger partial charge in [-0.15, -0.1) is 11.3 Å². The molecule has 5 nitrogen and oxygen atoms in total. The number of hydrogen-bond donors (Lipinski definition) is 0. The summed E-state index contributed by atoms with van der Waals surface area (Å²) in [5.41, 5.74) is 2.19. The number of likely N-dealkylation sites (tertiary alicyclic amines) is 1. The predicted octanol–water partition coefficient (Wildman–Crippen LogP) is 3.63. The maximum atomic E-state index is 6.32. The Morgan fingerprint density at radius 2 is 2.38 bits per heavy atom. The number of aromatic nitrogens is 3. The number of rotatable bonds is 5. The van der Waals surface area contributed by atoms with Crippen molar-refractivity contribution in [1.82, 2.24) is 19.3 Å². The summed E-state index contributed by atoms with van der Waals surface area (Å²) in [5, 5.41) is 2.65. The zero-order valence-corrected chi connectivity index (χ0v) is 14.8. The zero-order chi connectivity index (χ0) is 16.4. The molecule has 4 heterocycles. The molecule has 1 aliphatic heterocycles. The molecule has 3 aromatic rings. The highest BCUT2D eigenvalue weighted by Gasteiger charge is 2.23. The number of imidazole rings is 1. The molecule has 24 heavy (non-hydrogen) atoms. The second-order valence-corrected chi connectivity index (χ2v) is 7.31. The van der Waals surface area contributed by atoms with E-state index < -0.39 is 0 Å². The Hall–Kier alpha value is -1.47. The van der Waals surface area contributed by atoms with Crippen molar-refractivity contribution in [3.05, 3.63) is 52.5 Å². The van der Waals surface area contributed by atoms with Crippen molar-refractivity contribution in [2.75, 3.05) is 13.1 Å². The highest BCUT2D eigenvalue weighted by molar-refractivity contribution is 7.15. The molecule has 7 heteroatoms. The molecular weight excluding hydrogens is 344 g/mol. The number of nitrogens with zero attached hydrogens (tertiary/aromatic N) is 4. The lowest BCUT2D eigenvalue weighted by Gasteiger charge is -2.32. The maximum Gasteiger partial charge on any atom is 0.195 e. The molecule has 0 N–H and O–H groups in total. The number of halogens is 1. The van der Waals surface area contributed by atoms with Crippen LogP contribution in [-0.2, 0) is 17.9 Å². The lowest BCUT2D eigenvalue weighted by Crippen LogP contribution is -2.39. The molecule has 1 fully saturated rings. The fraction of sp³-hybridized carbons (Fsp3) is 0.412. The van der Waals surface area contributed by atoms with Gasteiger partial charge >= 0.3 is 0 Å². The van der Waals surface area contributed by atoms with E-state index in [9.17, 15) is 0 Å². The Morgan fingerprint density at radius 3 is 3.25 bits per heavy atom. The number of pyridine rings is 1. The molecule has 0 spiro atoms. The first-order valence-electron chi connectivity index (χ1n) is 8.12. The monoisotopic (exact) mass is 362 g/mol. The Labute approximate surface area is 149 Å². The van der Waals surface area contributed by atoms with Crippen LogP contribution in [0.3, 0.4) is 0 Å². The largest absolute Gasteiger partial charge is 0.372 e. The van der Waals surface area contributed by atoms with E-state index in [2.05, 4.69) is 19.3 Å². The summed E-state index contributed by atoms with van der Waals surface area (Å²) in [6.45, 7) is 3.42. The lowest BCUT2D eigenvalue weighted by molar-refractivity contribution is -0.0124. The van der Waals surface area contributed by atoms with Crippen molar-refractivity contribution in [3.8, 4) is 0 Å². The molecule has 4 rings (SSSR count). The molecule has 0 aromatic carbocycles. The molecule has 1 aliphatic rings. The highest BCUT2D eigenvalue weighted by Crippen LogP contribution is 2.24. The lowest BCUT2D eigenvalue weighted by atomic mass is 10.1. The van der Waals surface area contributed by atoms with Crippen LogP contribution >= 0.6 is 22.9 Å². The summed E-state index contributed by atoms with van der Waals surface area (Å²) in [6, 6.07) is 3.99. The van der Waals surface area contributed by atoms with Gasteiger partial charge in [-0.05, 0) is 31.0 Å². The van der Waals surface area contributed by atoms with Crippen LogP contribution in [0.4, 0.5) is 0 Å². The smallest absolute Gasteiger partial charge is 0.195 e. The Morgan fingerprint density at radius 1 is 1.42 bits per heavy atom. The van der Waals surface area contributed by atoms with Crippen molar-refractivity contribution < 1.29 is 4.74 Å². The minimum absolute atomic E-state index is 0.253. The summed E-state index contributed by atoms with van der Waals surface area (Å²) < 4.78 is 8.18. The predicted molar refractivity (Wildman–Crippen MR) is 95.4 cm³/mol. The van der Waals surface area contributed by atoms with E-state index in [0.29, 0.717) is 11.8 Å². The molecule has 0 unspecified atom stereocenters. The van der Waals surface area contributed by atoms with E-state index in [1.165, 1.54) is 0 Å². The van der Waals surface area contributed by atoms with Crippen LogP contribution in [0.5, 0.6) is 0 Å². The number of piperidine rings is 1. The number of ether oxygens (including phenoxy) is 1. The average Bonchev–Trinajstić information content (AvgIpc) is 3.17. The third-order valence-corrected chi connectivity index (χ3v) is 5.42. The molecule has 0 bridgehead atoms. The van der Waals surface area contributed by atoms with Gasteiger partial charge in [0.2, 0.25) is 0 Å². The van der Waals surface area contributed by atoms with E-state index in [-0.39, 0.29) is 6.10 Å². The zero-order valence-electron chi connectivity index (χ0n) is 13.3. The fourth-order valence-electron chi connectivity index (χ4n) is 3.15. The molecular formula is C17H19ClN4OS. The molecule has 0 amide bonds. The van der Waals surface area contributed by atoms with Gasteiger partial charge in [-0.25, -0.2) is 4.98 Å². The van der Waals surface area contributed by atoms with Crippen molar-refractivity contribution >= 4 is 27.9 Å². The van der Waals surface area contributed by atoms with Gasteiger partial charge in [-0.3, -0.25) is 14.3 Å². The summed E-state index contributed by atoms with van der Waals surface area (Å²) >= 11 is 7.92. The second kappa shape index (κ2) is 7.19. The summed E-state index contributed by atoms with van der Waals surface area (Å²) in [5.74, 6) is 0. The Balaban J connectivity index is 1.38. The van der Waals surface area contributed by atoms with Crippen LogP contribution in [0.15, 0.2) is 36.1 Å². The van der Waals surface area contributed by atoms with Gasteiger partial charge in [0, 0.05) is 37.1 Å². The van der Waals surface area contributed by atoms with Gasteiger partial charge < -0.3 is 4.74 Å². The first-order chi connectivity index (χ1) is 11.8. The normalized spacial score (nSPS) is 19.1. The molecule has 3 aromatic heterocycles. The van der Waals surface area contributed by atoms with E-state index in [1.807, 2.05) is 29.9 Å². The standard InChI is InChI=1S/C17H19ClN4OS/c18-16-15(22-7-8-24-17(22)20-16)11-21-6-2-4-14(10-21)23-12-13-3-1-5-19-9-13/h1,3,5,7-9,14H,2,4,6,10-12H2/t14-/m1/s1. The van der Waals surface area contributed by atoms with Gasteiger partial charge in [0.1, 0.15) is 0 Å². The number of thiazole rings is 1. The highest BCUT2D eigenvalue weighted by atomic mass is 35.5. The molecule has 0 aliphatic carbocycles. The second-order valence-electron chi connectivity index (χ2n) is 6.08. The summed E-state index contributed by atoms with van der Waals surface area (Å²) in [7, 11) is 0. The maximum absolute atomic E-state index is 6.32. The van der Waals surface area contributed by atoms with Gasteiger partial charge in [-0.2, -0.15) is 0 Å². The van der Waals surface area contributed by atoms with Crippen LogP contribution in [0.2, 0.25) is 5.15 Å². The molecule has 0 radical (unpaired) electrons. The van der Waals surface area contributed by atoms with Crippen molar-refractivity contribution in [2.24, 2.45) is 0 Å². The van der Waals surface area contributed by atoms with Crippen LogP contribution in [0.1, 0.15) is 24.1 Å². The third-order valence-electron chi connectivity index (χ3n) is 4.36. The topological polar surface area (TPSA) is 42.7 Å². The van der Waals surface area contributed by atoms with Gasteiger partial charge in [0.15, 0.2) is 10.1 Å². The van der Waals surface area contributed by atoms with Crippen LogP contribution in [0, 0.1) is 0 Å². The number of fused-ring (bicyclic) bond motifs is 1. The summed E-state index contributed by atoms with van der Waals surface area (Å²) in [6.07, 6.45) is 8.18. The van der Waals surface area contributed by atoms with Crippen molar-refractivity contribution in [3.63, 3.8) is 0 Å². The first-order valence-corrected chi connectivity index (χ1v) is 9.38. The van der Waals surface area contributed by atoms with E-state index in [1.54, 1.807) is 17.5 Å². The minimum Gasteiger partial charge on any atom is -0.372 e. The Bertz CT molecular complexity index is 803. The van der Waals surface area contributed by atoms with E-state index in [4.69, 9.17) is 16.3 Å². The van der Waals surface area contributed by atoms with Crippen LogP contribution in [-0.4, -0.2) is 38.5 Å². The molecule has 0 saturated carbocycles. The van der Waals surface area contributed by atoms with E-state index in [0.717, 1.165) is 48.7 Å². The van der Waals surface area contributed by atoms with Crippen molar-refractivity contribution in [1.29, 1.82) is 0 Å². The van der Waals surface area contributed by atoms with Gasteiger partial charge in [-0.1, -0.05) is 17.7 Å². The third kappa shape index (κ3) is 3.47. The summed E-state index contributed by atoms with van der Waals surface area (Å²) in [4.78, 5) is 11.9. The fourth-order valence-corrected chi connectivity index (χ4v) is 4.16. The van der Waals surface area contributed by atoms with Gasteiger partial charge in [0.05, 0.1) is 18.4 Å². The Kier molecular flexibility index (Phi) is 4.80.